The van der Waals surface area contributed by atoms with Crippen molar-refractivity contribution in [3.8, 4) is 11.1 Å². The maximum absolute atomic E-state index is 13.3. The molecule has 34 heavy (non-hydrogen) atoms. The fourth-order valence-electron chi connectivity index (χ4n) is 4.31. The number of hydrogen-bond donors (Lipinski definition) is 2. The van der Waals surface area contributed by atoms with Gasteiger partial charge in [-0.2, -0.15) is 13.2 Å². The van der Waals surface area contributed by atoms with Crippen LogP contribution in [0.4, 0.5) is 13.2 Å². The van der Waals surface area contributed by atoms with Crippen molar-refractivity contribution in [1.29, 1.82) is 0 Å². The summed E-state index contributed by atoms with van der Waals surface area (Å²) in [7, 11) is 0. The number of likely N-dealkylation sites (tertiary alicyclic amines) is 1. The normalized spacial score (nSPS) is 15.9. The van der Waals surface area contributed by atoms with Gasteiger partial charge >= 0.3 is 6.18 Å². The van der Waals surface area contributed by atoms with Crippen LogP contribution >= 0.6 is 0 Å². The first-order valence-electron chi connectivity index (χ1n) is 10.7. The average Bonchev–Trinajstić information content (AvgIpc) is 3.32. The van der Waals surface area contributed by atoms with Crippen LogP contribution in [0.3, 0.4) is 0 Å². The Balaban J connectivity index is 1.66. The van der Waals surface area contributed by atoms with E-state index in [4.69, 9.17) is 5.84 Å². The van der Waals surface area contributed by atoms with E-state index in [1.807, 2.05) is 17.6 Å². The van der Waals surface area contributed by atoms with Gasteiger partial charge in [-0.15, -0.1) is 0 Å². The van der Waals surface area contributed by atoms with E-state index < -0.39 is 17.6 Å². The van der Waals surface area contributed by atoms with Gasteiger partial charge in [-0.1, -0.05) is 18.2 Å². The molecule has 1 fully saturated rings. The highest BCUT2D eigenvalue weighted by Crippen LogP contribution is 2.35. The van der Waals surface area contributed by atoms with E-state index in [2.05, 4.69) is 4.98 Å². The molecule has 3 N–H and O–H groups in total. The van der Waals surface area contributed by atoms with E-state index in [0.29, 0.717) is 18.7 Å². The number of nitrogens with two attached hydrogens (primary N) is 1. The zero-order valence-corrected chi connectivity index (χ0v) is 18.4. The minimum absolute atomic E-state index is 0.0232. The zero-order valence-electron chi connectivity index (χ0n) is 18.4. The minimum atomic E-state index is -4.53. The number of hydrogen-bond acceptors (Lipinski definition) is 4. The highest BCUT2D eigenvalue weighted by Gasteiger charge is 2.32. The Morgan fingerprint density at radius 1 is 1.15 bits per heavy atom. The second kappa shape index (κ2) is 9.26. The van der Waals surface area contributed by atoms with Crippen molar-refractivity contribution in [3.05, 3.63) is 88.7 Å². The molecular weight excluding hydrogens is 445 g/mol. The summed E-state index contributed by atoms with van der Waals surface area (Å²) in [6, 6.07) is 11.8. The summed E-state index contributed by atoms with van der Waals surface area (Å²) in [5.74, 6) is 4.53. The van der Waals surface area contributed by atoms with Crippen LogP contribution in [0.2, 0.25) is 0 Å². The monoisotopic (exact) mass is 468 g/mol. The van der Waals surface area contributed by atoms with Crippen LogP contribution < -0.4 is 11.3 Å². The SMILES string of the molecule is Cc1cc(-c2ccc(C(=O)N3CCC(c4cccnc4)C3)cc2C(=O)NN)cc(C(F)(F)F)c1. The number of amides is 2. The number of carbonyl (C=O) groups excluding carboxylic acids is 2. The molecule has 1 aliphatic heterocycles. The summed E-state index contributed by atoms with van der Waals surface area (Å²) in [5, 5.41) is 0. The first-order valence-corrected chi connectivity index (χ1v) is 10.7. The maximum atomic E-state index is 13.3. The van der Waals surface area contributed by atoms with Gasteiger partial charge in [0.1, 0.15) is 0 Å². The molecule has 2 aromatic carbocycles. The lowest BCUT2D eigenvalue weighted by Gasteiger charge is -2.18. The number of alkyl halides is 3. The molecular formula is C25H23F3N4O2. The Bertz CT molecular complexity index is 1230. The second-order valence-electron chi connectivity index (χ2n) is 8.34. The molecule has 1 saturated heterocycles. The van der Waals surface area contributed by atoms with E-state index in [1.165, 1.54) is 18.2 Å². The number of halogens is 3. The molecule has 1 unspecified atom stereocenters. The van der Waals surface area contributed by atoms with Gasteiger partial charge in [0.25, 0.3) is 11.8 Å². The Morgan fingerprint density at radius 3 is 2.62 bits per heavy atom. The molecule has 0 spiro atoms. The zero-order chi connectivity index (χ0) is 24.5. The molecule has 0 saturated carbocycles. The Hall–Kier alpha value is -3.72. The molecule has 176 valence electrons. The Labute approximate surface area is 194 Å². The largest absolute Gasteiger partial charge is 0.416 e. The van der Waals surface area contributed by atoms with Crippen molar-refractivity contribution in [2.24, 2.45) is 5.84 Å². The van der Waals surface area contributed by atoms with E-state index in [1.54, 1.807) is 30.3 Å². The van der Waals surface area contributed by atoms with Crippen molar-refractivity contribution in [2.45, 2.75) is 25.4 Å². The third-order valence-electron chi connectivity index (χ3n) is 5.99. The van der Waals surface area contributed by atoms with Gasteiger partial charge in [0.15, 0.2) is 0 Å². The second-order valence-corrected chi connectivity index (χ2v) is 8.34. The predicted molar refractivity (Wildman–Crippen MR) is 121 cm³/mol. The topological polar surface area (TPSA) is 88.3 Å². The summed E-state index contributed by atoms with van der Waals surface area (Å²) < 4.78 is 40.0. The van der Waals surface area contributed by atoms with E-state index >= 15 is 0 Å². The summed E-state index contributed by atoms with van der Waals surface area (Å²) in [4.78, 5) is 31.5. The lowest BCUT2D eigenvalue weighted by Crippen LogP contribution is -2.32. The highest BCUT2D eigenvalue weighted by molar-refractivity contribution is 6.04. The summed E-state index contributed by atoms with van der Waals surface area (Å²) >= 11 is 0. The van der Waals surface area contributed by atoms with Crippen LogP contribution in [0.15, 0.2) is 60.9 Å². The molecule has 1 aromatic heterocycles. The van der Waals surface area contributed by atoms with Crippen molar-refractivity contribution in [2.75, 3.05) is 13.1 Å². The van der Waals surface area contributed by atoms with Gasteiger partial charge in [0.05, 0.1) is 5.56 Å². The number of nitrogen functional groups attached to an aromatic ring is 1. The van der Waals surface area contributed by atoms with Crippen molar-refractivity contribution in [3.63, 3.8) is 0 Å². The maximum Gasteiger partial charge on any atom is 0.416 e. The molecule has 1 aliphatic rings. The number of pyridine rings is 1. The summed E-state index contributed by atoms with van der Waals surface area (Å²) in [6.07, 6.45) is -0.268. The third-order valence-corrected chi connectivity index (χ3v) is 5.99. The van der Waals surface area contributed by atoms with Crippen molar-refractivity contribution < 1.29 is 22.8 Å². The number of rotatable bonds is 4. The summed E-state index contributed by atoms with van der Waals surface area (Å²) in [6.45, 7) is 2.61. The molecule has 6 nitrogen and oxygen atoms in total. The minimum Gasteiger partial charge on any atom is -0.338 e. The molecule has 2 heterocycles. The van der Waals surface area contributed by atoms with Gasteiger partial charge in [0.2, 0.25) is 0 Å². The van der Waals surface area contributed by atoms with Crippen LogP contribution in [0.1, 0.15) is 49.7 Å². The number of hydrazine groups is 1. The van der Waals surface area contributed by atoms with Gasteiger partial charge in [-0.3, -0.25) is 20.0 Å². The highest BCUT2D eigenvalue weighted by atomic mass is 19.4. The molecule has 2 amide bonds. The summed E-state index contributed by atoms with van der Waals surface area (Å²) in [5.41, 5.74) is 3.40. The van der Waals surface area contributed by atoms with Crippen LogP contribution in [-0.4, -0.2) is 34.8 Å². The standard InChI is InChI=1S/C25H23F3N4O2/c1-15-9-19(11-20(10-15)25(26,27)28)21-5-4-16(12-22(21)23(33)31-29)24(34)32-8-6-18(14-32)17-3-2-7-30-13-17/h2-5,7,9-13,18H,6,8,14,29H2,1H3,(H,31,33). The fraction of sp³-hybridized carbons (Fsp3) is 0.240. The number of nitrogens with zero attached hydrogens (tertiary/aromatic N) is 2. The van der Waals surface area contributed by atoms with Crippen LogP contribution in [0.25, 0.3) is 11.1 Å². The quantitative estimate of drug-likeness (QED) is 0.339. The molecule has 4 rings (SSSR count). The first-order chi connectivity index (χ1) is 16.2. The molecule has 9 heteroatoms. The first kappa shape index (κ1) is 23.4. The number of nitrogens with one attached hydrogen (secondary N) is 1. The average molecular weight is 468 g/mol. The Morgan fingerprint density at radius 2 is 1.94 bits per heavy atom. The van der Waals surface area contributed by atoms with Gasteiger partial charge < -0.3 is 4.90 Å². The fourth-order valence-corrected chi connectivity index (χ4v) is 4.31. The van der Waals surface area contributed by atoms with Crippen LogP contribution in [0.5, 0.6) is 0 Å². The van der Waals surface area contributed by atoms with Crippen LogP contribution in [0, 0.1) is 6.92 Å². The predicted octanol–water partition coefficient (Wildman–Crippen LogP) is 4.31. The van der Waals surface area contributed by atoms with Gasteiger partial charge in [0, 0.05) is 42.5 Å². The third kappa shape index (κ3) is 4.79. The number of carbonyl (C=O) groups is 2. The van der Waals surface area contributed by atoms with Crippen molar-refractivity contribution in [1.82, 2.24) is 15.3 Å². The lowest BCUT2D eigenvalue weighted by molar-refractivity contribution is -0.137. The molecule has 0 bridgehead atoms. The number of benzene rings is 2. The molecule has 1 atom stereocenters. The van der Waals surface area contributed by atoms with E-state index in [9.17, 15) is 22.8 Å². The van der Waals surface area contributed by atoms with E-state index in [-0.39, 0.29) is 34.1 Å². The number of aromatic nitrogens is 1. The lowest BCUT2D eigenvalue weighted by atomic mass is 9.94. The molecule has 0 aliphatic carbocycles. The van der Waals surface area contributed by atoms with E-state index in [0.717, 1.165) is 24.1 Å². The van der Waals surface area contributed by atoms with Gasteiger partial charge in [-0.05, 0) is 65.9 Å². The number of aryl methyl sites for hydroxylation is 1. The van der Waals surface area contributed by atoms with Crippen LogP contribution in [-0.2, 0) is 6.18 Å². The molecule has 0 radical (unpaired) electrons. The smallest absolute Gasteiger partial charge is 0.338 e. The van der Waals surface area contributed by atoms with Gasteiger partial charge in [-0.25, -0.2) is 5.84 Å². The molecule has 3 aromatic rings. The Kier molecular flexibility index (Phi) is 6.39. The van der Waals surface area contributed by atoms with Crippen molar-refractivity contribution >= 4 is 11.8 Å².